The van der Waals surface area contributed by atoms with Gasteiger partial charge in [0.15, 0.2) is 11.5 Å². The van der Waals surface area contributed by atoms with Crippen molar-refractivity contribution in [1.29, 1.82) is 0 Å². The van der Waals surface area contributed by atoms with Gasteiger partial charge in [-0.2, -0.15) is 0 Å². The lowest BCUT2D eigenvalue weighted by molar-refractivity contribution is -0.135. The maximum Gasteiger partial charge on any atom is 0.277 e. The number of benzene rings is 2. The van der Waals surface area contributed by atoms with Gasteiger partial charge in [-0.15, -0.1) is 0 Å². The number of halogens is 1. The van der Waals surface area contributed by atoms with E-state index in [2.05, 4.69) is 5.32 Å². The van der Waals surface area contributed by atoms with Gasteiger partial charge >= 0.3 is 0 Å². The van der Waals surface area contributed by atoms with Gasteiger partial charge in [0.1, 0.15) is 11.5 Å². The lowest BCUT2D eigenvalue weighted by Gasteiger charge is -2.14. The van der Waals surface area contributed by atoms with Crippen LogP contribution in [0.4, 0.5) is 10.1 Å². The van der Waals surface area contributed by atoms with Crippen molar-refractivity contribution in [2.75, 3.05) is 25.6 Å². The molecule has 2 amide bonds. The van der Waals surface area contributed by atoms with Crippen molar-refractivity contribution in [3.05, 3.63) is 59.5 Å². The second-order valence-corrected chi connectivity index (χ2v) is 6.08. The van der Waals surface area contributed by atoms with Crippen LogP contribution in [0, 0.1) is 5.82 Å². The smallest absolute Gasteiger partial charge is 0.277 e. The van der Waals surface area contributed by atoms with Crippen molar-refractivity contribution >= 4 is 23.1 Å². The molecule has 0 spiro atoms. The van der Waals surface area contributed by atoms with E-state index in [1.165, 1.54) is 31.3 Å². The number of likely N-dealkylation sites (N-methyl/N-ethyl adjacent to an activating group) is 1. The Labute approximate surface area is 162 Å². The molecule has 0 aliphatic carbocycles. The highest BCUT2D eigenvalue weighted by atomic mass is 19.1. The number of anilines is 1. The minimum absolute atomic E-state index is 0.130. The summed E-state index contributed by atoms with van der Waals surface area (Å²) in [7, 11) is 1.41. The fraction of sp³-hybridized carbons (Fsp3) is 0.238. The van der Waals surface area contributed by atoms with E-state index in [0.717, 1.165) is 4.90 Å². The van der Waals surface area contributed by atoms with E-state index in [9.17, 15) is 14.0 Å². The minimum atomic E-state index is -0.462. The normalized spacial score (nSPS) is 13.9. The average molecular weight is 384 g/mol. The lowest BCUT2D eigenvalue weighted by Crippen LogP contribution is -2.27. The zero-order valence-corrected chi connectivity index (χ0v) is 15.9. The Morgan fingerprint density at radius 3 is 2.21 bits per heavy atom. The first-order chi connectivity index (χ1) is 13.5. The van der Waals surface area contributed by atoms with Crippen LogP contribution in [0.3, 0.4) is 0 Å². The minimum Gasteiger partial charge on any atom is -0.490 e. The molecule has 0 aromatic heterocycles. The molecule has 0 saturated heterocycles. The van der Waals surface area contributed by atoms with Crippen molar-refractivity contribution in [3.63, 3.8) is 0 Å². The van der Waals surface area contributed by atoms with E-state index in [1.54, 1.807) is 18.2 Å². The number of nitrogens with one attached hydrogen (secondary N) is 1. The highest BCUT2D eigenvalue weighted by Crippen LogP contribution is 2.34. The number of ether oxygens (including phenoxy) is 2. The van der Waals surface area contributed by atoms with Gasteiger partial charge < -0.3 is 14.8 Å². The van der Waals surface area contributed by atoms with Gasteiger partial charge in [0, 0.05) is 18.8 Å². The topological polar surface area (TPSA) is 67.9 Å². The molecule has 0 unspecified atom stereocenters. The molecule has 0 saturated carbocycles. The van der Waals surface area contributed by atoms with Gasteiger partial charge in [0.2, 0.25) is 0 Å². The fourth-order valence-corrected chi connectivity index (χ4v) is 2.92. The first-order valence-corrected chi connectivity index (χ1v) is 8.95. The van der Waals surface area contributed by atoms with Crippen LogP contribution in [-0.4, -0.2) is 37.0 Å². The average Bonchev–Trinajstić information content (AvgIpc) is 2.89. The highest BCUT2D eigenvalue weighted by molar-refractivity contribution is 6.36. The number of carbonyl (C=O) groups is 2. The highest BCUT2D eigenvalue weighted by Gasteiger charge is 2.36. The summed E-state index contributed by atoms with van der Waals surface area (Å²) in [6.07, 6.45) is 0. The summed E-state index contributed by atoms with van der Waals surface area (Å²) < 4.78 is 24.4. The summed E-state index contributed by atoms with van der Waals surface area (Å²) in [5.41, 5.74) is 1.35. The number of amides is 2. The third-order valence-electron chi connectivity index (χ3n) is 4.23. The number of hydrogen-bond donors (Lipinski definition) is 1. The molecule has 0 fully saturated rings. The van der Waals surface area contributed by atoms with Gasteiger partial charge in [-0.25, -0.2) is 4.39 Å². The van der Waals surface area contributed by atoms with Crippen molar-refractivity contribution in [3.8, 4) is 11.5 Å². The summed E-state index contributed by atoms with van der Waals surface area (Å²) >= 11 is 0. The molecule has 28 heavy (non-hydrogen) atoms. The van der Waals surface area contributed by atoms with Crippen molar-refractivity contribution in [2.24, 2.45) is 0 Å². The van der Waals surface area contributed by atoms with Crippen molar-refractivity contribution in [2.45, 2.75) is 13.8 Å². The molecule has 1 N–H and O–H groups in total. The number of hydrogen-bond acceptors (Lipinski definition) is 5. The lowest BCUT2D eigenvalue weighted by atomic mass is 10.0. The van der Waals surface area contributed by atoms with Gasteiger partial charge in [-0.1, -0.05) is 12.1 Å². The van der Waals surface area contributed by atoms with Crippen LogP contribution in [0.5, 0.6) is 11.5 Å². The predicted molar refractivity (Wildman–Crippen MR) is 103 cm³/mol. The van der Waals surface area contributed by atoms with Crippen LogP contribution in [0.1, 0.15) is 19.4 Å². The summed E-state index contributed by atoms with van der Waals surface area (Å²) in [6, 6.07) is 10.6. The Bertz CT molecular complexity index is 938. The van der Waals surface area contributed by atoms with Crippen LogP contribution in [-0.2, 0) is 9.59 Å². The first kappa shape index (κ1) is 19.4. The molecule has 0 radical (unpaired) electrons. The maximum atomic E-state index is 13.3. The molecule has 0 atom stereocenters. The zero-order chi connectivity index (χ0) is 20.3. The predicted octanol–water partition coefficient (Wildman–Crippen LogP) is 3.44. The molecule has 2 aromatic carbocycles. The number of rotatable bonds is 7. The molecule has 146 valence electrons. The fourth-order valence-electron chi connectivity index (χ4n) is 2.92. The second kappa shape index (κ2) is 8.12. The molecule has 1 aliphatic heterocycles. The van der Waals surface area contributed by atoms with Crippen LogP contribution in [0.2, 0.25) is 0 Å². The Morgan fingerprint density at radius 2 is 1.57 bits per heavy atom. The Morgan fingerprint density at radius 1 is 0.929 bits per heavy atom. The SMILES string of the molecule is CCOc1ccc(NC2=C(c3ccc(F)cc3)C(=O)N(C)C2=O)cc1OCC. The monoisotopic (exact) mass is 384 g/mol. The second-order valence-electron chi connectivity index (χ2n) is 6.08. The number of nitrogens with zero attached hydrogens (tertiary/aromatic N) is 1. The third kappa shape index (κ3) is 3.69. The van der Waals surface area contributed by atoms with Crippen LogP contribution in [0.15, 0.2) is 48.2 Å². The Kier molecular flexibility index (Phi) is 5.63. The zero-order valence-electron chi connectivity index (χ0n) is 15.9. The summed E-state index contributed by atoms with van der Waals surface area (Å²) in [4.78, 5) is 26.2. The Balaban J connectivity index is 2.02. The molecule has 7 heteroatoms. The number of carbonyl (C=O) groups excluding carboxylic acids is 2. The van der Waals surface area contributed by atoms with E-state index >= 15 is 0 Å². The van der Waals surface area contributed by atoms with Crippen LogP contribution in [0.25, 0.3) is 5.57 Å². The molecule has 1 heterocycles. The molecule has 1 aliphatic rings. The summed E-state index contributed by atoms with van der Waals surface area (Å²) in [6.45, 7) is 4.68. The van der Waals surface area contributed by atoms with Gasteiger partial charge in [0.05, 0.1) is 18.8 Å². The summed E-state index contributed by atoms with van der Waals surface area (Å²) in [5.74, 6) is -0.208. The molecular weight excluding hydrogens is 363 g/mol. The van der Waals surface area contributed by atoms with Crippen molar-refractivity contribution < 1.29 is 23.5 Å². The summed E-state index contributed by atoms with van der Waals surface area (Å²) in [5, 5.41) is 3.02. The molecule has 6 nitrogen and oxygen atoms in total. The van der Waals surface area contributed by atoms with E-state index in [-0.39, 0.29) is 11.3 Å². The maximum absolute atomic E-state index is 13.3. The van der Waals surface area contributed by atoms with E-state index in [4.69, 9.17) is 9.47 Å². The van der Waals surface area contributed by atoms with Gasteiger partial charge in [-0.05, 0) is 43.7 Å². The largest absolute Gasteiger partial charge is 0.490 e. The van der Waals surface area contributed by atoms with E-state index in [0.29, 0.717) is 36.0 Å². The van der Waals surface area contributed by atoms with Crippen LogP contribution >= 0.6 is 0 Å². The van der Waals surface area contributed by atoms with Crippen LogP contribution < -0.4 is 14.8 Å². The molecular formula is C21H21FN2O4. The quantitative estimate of drug-likeness (QED) is 0.741. The first-order valence-electron chi connectivity index (χ1n) is 8.95. The molecule has 3 rings (SSSR count). The molecule has 2 aromatic rings. The third-order valence-corrected chi connectivity index (χ3v) is 4.23. The standard InChI is InChI=1S/C21H21FN2O4/c1-4-27-16-11-10-15(12-17(16)28-5-2)23-19-18(20(25)24(3)21(19)26)13-6-8-14(22)9-7-13/h6-12,23H,4-5H2,1-3H3. The molecule has 0 bridgehead atoms. The Hall–Kier alpha value is -3.35. The van der Waals surface area contributed by atoms with Gasteiger partial charge in [0.25, 0.3) is 11.8 Å². The van der Waals surface area contributed by atoms with E-state index < -0.39 is 17.6 Å². The van der Waals surface area contributed by atoms with Crippen molar-refractivity contribution in [1.82, 2.24) is 4.90 Å². The number of imide groups is 1. The van der Waals surface area contributed by atoms with Gasteiger partial charge in [-0.3, -0.25) is 14.5 Å². The van der Waals surface area contributed by atoms with E-state index in [1.807, 2.05) is 13.8 Å².